The average Bonchev–Trinajstić information content (AvgIpc) is 2.74. The molecule has 0 unspecified atom stereocenters. The minimum absolute atomic E-state index is 0.0917. The molecule has 2 nitrogen and oxygen atoms in total. The Bertz CT molecular complexity index is 1000. The van der Waals surface area contributed by atoms with Gasteiger partial charge in [0.05, 0.1) is 0 Å². The van der Waals surface area contributed by atoms with Crippen molar-refractivity contribution < 1.29 is 9.05 Å². The van der Waals surface area contributed by atoms with Crippen LogP contribution >= 0.6 is 17.1 Å². The minimum Gasteiger partial charge on any atom is -0.428 e. The van der Waals surface area contributed by atoms with E-state index in [1.807, 2.05) is 30.3 Å². The first-order valence-corrected chi connectivity index (χ1v) is 15.6. The summed E-state index contributed by atoms with van der Waals surface area (Å²) >= 11 is 7.63. The van der Waals surface area contributed by atoms with Gasteiger partial charge in [-0.2, -0.15) is 0 Å². The van der Waals surface area contributed by atoms with Crippen molar-refractivity contribution in [1.82, 2.24) is 0 Å². The fourth-order valence-electron chi connectivity index (χ4n) is 3.28. The number of aryl methyl sites for hydroxylation is 1. The van der Waals surface area contributed by atoms with Crippen molar-refractivity contribution >= 4 is 28.9 Å². The summed E-state index contributed by atoms with van der Waals surface area (Å²) < 4.78 is 12.8. The molecule has 3 aromatic rings. The second-order valence-corrected chi connectivity index (χ2v) is 16.5. The van der Waals surface area contributed by atoms with Crippen molar-refractivity contribution in [3.63, 3.8) is 0 Å². The maximum absolute atomic E-state index is 6.38. The first kappa shape index (κ1) is 25.9. The molecule has 0 aliphatic heterocycles. The summed E-state index contributed by atoms with van der Waals surface area (Å²) in [5.41, 5.74) is 1.33. The Labute approximate surface area is 209 Å². The van der Waals surface area contributed by atoms with Crippen LogP contribution in [0, 0.1) is 0 Å². The van der Waals surface area contributed by atoms with E-state index in [4.69, 9.17) is 20.9 Å². The smallest absolute Gasteiger partial charge is 0.348 e. The van der Waals surface area contributed by atoms with Gasteiger partial charge >= 0.3 is 5.69 Å². The lowest BCUT2D eigenvalue weighted by Crippen LogP contribution is -2.10. The molecular formula is C28H35O2PS2. The molecule has 0 saturated heterocycles. The molecule has 3 rings (SSSR count). The van der Waals surface area contributed by atoms with Crippen molar-refractivity contribution in [2.75, 3.05) is 5.75 Å². The zero-order chi connectivity index (χ0) is 24.1. The molecule has 0 spiro atoms. The summed E-state index contributed by atoms with van der Waals surface area (Å²) in [5.74, 6) is 2.34. The summed E-state index contributed by atoms with van der Waals surface area (Å²) in [5, 5.41) is 0. The van der Waals surface area contributed by atoms with Crippen LogP contribution in [-0.2, 0) is 29.1 Å². The largest absolute Gasteiger partial charge is 0.428 e. The van der Waals surface area contributed by atoms with Crippen LogP contribution in [0.25, 0.3) is 0 Å². The molecule has 0 fully saturated rings. The van der Waals surface area contributed by atoms with E-state index < -0.39 is 5.69 Å². The number of hydrogen-bond acceptors (Lipinski definition) is 4. The Morgan fingerprint density at radius 2 is 1.09 bits per heavy atom. The fourth-order valence-corrected chi connectivity index (χ4v) is 7.70. The van der Waals surface area contributed by atoms with Gasteiger partial charge in [0, 0.05) is 5.75 Å². The van der Waals surface area contributed by atoms with Gasteiger partial charge in [-0.25, -0.2) is 0 Å². The van der Waals surface area contributed by atoms with Crippen LogP contribution in [0.2, 0.25) is 0 Å². The molecule has 0 aromatic heterocycles. The van der Waals surface area contributed by atoms with Crippen molar-refractivity contribution in [2.24, 2.45) is 0 Å². The van der Waals surface area contributed by atoms with Gasteiger partial charge < -0.3 is 9.05 Å². The molecule has 0 bridgehead atoms. The lowest BCUT2D eigenvalue weighted by molar-refractivity contribution is 0.504. The van der Waals surface area contributed by atoms with Crippen LogP contribution in [0.3, 0.4) is 0 Å². The van der Waals surface area contributed by atoms with Gasteiger partial charge in [0.25, 0.3) is 0 Å². The van der Waals surface area contributed by atoms with Crippen LogP contribution in [0.5, 0.6) is 11.5 Å². The maximum Gasteiger partial charge on any atom is 0.348 e. The summed E-state index contributed by atoms with van der Waals surface area (Å²) in [6.07, 6.45) is 0.919. The number of rotatable bonds is 8. The standard InChI is InChI=1S/C28H35O2PS2/c1-27(2,3)23-12-16-25(17-13-23)29-31(32,33-21-20-22-10-8-7-9-11-22)30-26-18-14-24(15-19-26)28(4,5)6/h7-19H,20-21H2,1-6H3. The third-order valence-corrected chi connectivity index (χ3v) is 10.3. The van der Waals surface area contributed by atoms with Gasteiger partial charge in [-0.1, -0.05) is 96.1 Å². The topological polar surface area (TPSA) is 18.5 Å². The molecule has 0 atom stereocenters. The normalized spacial score (nSPS) is 12.4. The zero-order valence-electron chi connectivity index (χ0n) is 20.5. The molecule has 33 heavy (non-hydrogen) atoms. The molecule has 0 N–H and O–H groups in total. The average molecular weight is 499 g/mol. The summed E-state index contributed by atoms with van der Waals surface area (Å²) in [7, 11) is 0. The Morgan fingerprint density at radius 1 is 0.667 bits per heavy atom. The van der Waals surface area contributed by atoms with Crippen LogP contribution in [0.4, 0.5) is 0 Å². The van der Waals surface area contributed by atoms with Crippen molar-refractivity contribution in [3.05, 3.63) is 95.6 Å². The zero-order valence-corrected chi connectivity index (χ0v) is 23.0. The molecule has 0 aliphatic carbocycles. The van der Waals surface area contributed by atoms with Crippen molar-refractivity contribution in [1.29, 1.82) is 0 Å². The van der Waals surface area contributed by atoms with Gasteiger partial charge in [-0.05, 0) is 81.4 Å². The van der Waals surface area contributed by atoms with E-state index in [9.17, 15) is 0 Å². The third-order valence-electron chi connectivity index (χ3n) is 5.36. The molecule has 0 amide bonds. The molecule has 0 aliphatic rings. The predicted octanol–water partition coefficient (Wildman–Crippen LogP) is 8.94. The minimum atomic E-state index is -2.66. The molecule has 0 heterocycles. The lowest BCUT2D eigenvalue weighted by Gasteiger charge is -2.25. The van der Waals surface area contributed by atoms with E-state index in [-0.39, 0.29) is 10.8 Å². The van der Waals surface area contributed by atoms with E-state index >= 15 is 0 Å². The highest BCUT2D eigenvalue weighted by atomic mass is 32.9. The highest BCUT2D eigenvalue weighted by Gasteiger charge is 2.25. The fraction of sp³-hybridized carbons (Fsp3) is 0.357. The molecule has 3 aromatic carbocycles. The van der Waals surface area contributed by atoms with E-state index in [2.05, 4.69) is 90.1 Å². The Morgan fingerprint density at radius 3 is 1.48 bits per heavy atom. The molecule has 0 radical (unpaired) electrons. The molecule has 176 valence electrons. The van der Waals surface area contributed by atoms with Gasteiger partial charge in [0.2, 0.25) is 0 Å². The molecular weight excluding hydrogens is 463 g/mol. The second-order valence-electron chi connectivity index (χ2n) is 10.2. The van der Waals surface area contributed by atoms with E-state index in [0.29, 0.717) is 0 Å². The Hall–Kier alpha value is -1.74. The third kappa shape index (κ3) is 7.91. The van der Waals surface area contributed by atoms with E-state index in [1.165, 1.54) is 16.7 Å². The van der Waals surface area contributed by atoms with E-state index in [0.717, 1.165) is 23.7 Å². The van der Waals surface area contributed by atoms with Crippen LogP contribution in [0.15, 0.2) is 78.9 Å². The maximum atomic E-state index is 6.38. The van der Waals surface area contributed by atoms with Crippen LogP contribution in [0.1, 0.15) is 58.2 Å². The molecule has 5 heteroatoms. The number of hydrogen-bond donors (Lipinski definition) is 0. The summed E-state index contributed by atoms with van der Waals surface area (Å²) in [4.78, 5) is 0. The Kier molecular flexibility index (Phi) is 8.37. The Balaban J connectivity index is 1.78. The molecule has 0 saturated carbocycles. The first-order valence-electron chi connectivity index (χ1n) is 11.3. The predicted molar refractivity (Wildman–Crippen MR) is 148 cm³/mol. The quantitative estimate of drug-likeness (QED) is 0.288. The summed E-state index contributed by atoms with van der Waals surface area (Å²) in [6, 6.07) is 26.9. The van der Waals surface area contributed by atoms with Crippen molar-refractivity contribution in [2.45, 2.75) is 58.8 Å². The van der Waals surface area contributed by atoms with Gasteiger partial charge in [0.1, 0.15) is 11.5 Å². The second kappa shape index (κ2) is 10.7. The van der Waals surface area contributed by atoms with Crippen LogP contribution in [-0.4, -0.2) is 5.75 Å². The SMILES string of the molecule is CC(C)(C)c1ccc(OP(=S)(Oc2ccc(C(C)(C)C)cc2)SCCc2ccccc2)cc1. The van der Waals surface area contributed by atoms with Gasteiger partial charge in [0.15, 0.2) is 0 Å². The van der Waals surface area contributed by atoms with Gasteiger partial charge in [-0.15, -0.1) is 0 Å². The first-order chi connectivity index (χ1) is 15.4. The highest BCUT2D eigenvalue weighted by Crippen LogP contribution is 2.60. The van der Waals surface area contributed by atoms with Crippen molar-refractivity contribution in [3.8, 4) is 11.5 Å². The highest BCUT2D eigenvalue weighted by molar-refractivity contribution is 8.68. The van der Waals surface area contributed by atoms with E-state index in [1.54, 1.807) is 11.4 Å². The van der Waals surface area contributed by atoms with Crippen LogP contribution < -0.4 is 9.05 Å². The lowest BCUT2D eigenvalue weighted by atomic mass is 9.87. The summed E-state index contributed by atoms with van der Waals surface area (Å²) in [6.45, 7) is 13.2. The monoisotopic (exact) mass is 498 g/mol. The van der Waals surface area contributed by atoms with Gasteiger partial charge in [-0.3, -0.25) is 0 Å². The number of benzene rings is 3.